The Bertz CT molecular complexity index is 2760. The van der Waals surface area contributed by atoms with Crippen LogP contribution in [0.4, 0.5) is 17.1 Å². The van der Waals surface area contributed by atoms with Gasteiger partial charge < -0.3 is 9.32 Å². The summed E-state index contributed by atoms with van der Waals surface area (Å²) in [5.74, 6) is 0. The lowest BCUT2D eigenvalue weighted by molar-refractivity contribution is 0.660. The Labute approximate surface area is 297 Å². The Hall–Kier alpha value is -6.38. The zero-order valence-electron chi connectivity index (χ0n) is 28.6. The first-order chi connectivity index (χ1) is 25.1. The molecule has 0 radical (unpaired) electrons. The smallest absolute Gasteiger partial charge is 0.159 e. The van der Waals surface area contributed by atoms with Crippen LogP contribution >= 0.6 is 0 Å². The van der Waals surface area contributed by atoms with E-state index in [4.69, 9.17) is 4.42 Å². The summed E-state index contributed by atoms with van der Waals surface area (Å²) < 4.78 is 7.01. The first-order valence-corrected chi connectivity index (χ1v) is 17.7. The summed E-state index contributed by atoms with van der Waals surface area (Å²) >= 11 is 0. The van der Waals surface area contributed by atoms with Gasteiger partial charge in [-0.2, -0.15) is 0 Å². The van der Waals surface area contributed by atoms with Gasteiger partial charge in [-0.3, -0.25) is 0 Å². The minimum atomic E-state index is -0.0702. The molecule has 0 aliphatic heterocycles. The van der Waals surface area contributed by atoms with E-state index < -0.39 is 0 Å². The largest absolute Gasteiger partial charge is 0.453 e. The number of fused-ring (bicyclic) bond motifs is 8. The molecule has 242 valence electrons. The number of benzene rings is 8. The summed E-state index contributed by atoms with van der Waals surface area (Å²) in [5, 5.41) is 4.53. The van der Waals surface area contributed by atoms with Crippen molar-refractivity contribution in [2.45, 2.75) is 19.3 Å². The van der Waals surface area contributed by atoms with Gasteiger partial charge in [0.2, 0.25) is 0 Å². The van der Waals surface area contributed by atoms with Crippen molar-refractivity contribution >= 4 is 49.8 Å². The summed E-state index contributed by atoms with van der Waals surface area (Å²) in [5.41, 5.74) is 15.1. The minimum absolute atomic E-state index is 0.0702. The van der Waals surface area contributed by atoms with E-state index in [0.717, 1.165) is 44.4 Å². The van der Waals surface area contributed by atoms with Gasteiger partial charge in [-0.1, -0.05) is 147 Å². The van der Waals surface area contributed by atoms with Crippen LogP contribution in [0.1, 0.15) is 25.0 Å². The molecule has 1 aliphatic rings. The van der Waals surface area contributed by atoms with Crippen LogP contribution in [0.5, 0.6) is 0 Å². The van der Waals surface area contributed by atoms with Crippen LogP contribution in [0, 0.1) is 0 Å². The van der Waals surface area contributed by atoms with E-state index in [-0.39, 0.29) is 5.41 Å². The van der Waals surface area contributed by atoms with Gasteiger partial charge in [0.25, 0.3) is 0 Å². The summed E-state index contributed by atoms with van der Waals surface area (Å²) in [6.45, 7) is 4.70. The van der Waals surface area contributed by atoms with Crippen LogP contribution in [0.15, 0.2) is 180 Å². The third kappa shape index (κ3) is 4.57. The molecular formula is C49H35NO. The second kappa shape index (κ2) is 11.3. The lowest BCUT2D eigenvalue weighted by Crippen LogP contribution is -2.14. The molecule has 1 aliphatic carbocycles. The number of furan rings is 1. The maximum Gasteiger partial charge on any atom is 0.159 e. The van der Waals surface area contributed by atoms with Crippen LogP contribution < -0.4 is 4.90 Å². The third-order valence-corrected chi connectivity index (χ3v) is 10.9. The fraction of sp³-hybridized carbons (Fsp3) is 0.0612. The van der Waals surface area contributed by atoms with Gasteiger partial charge in [0, 0.05) is 32.9 Å². The van der Waals surface area contributed by atoms with Crippen LogP contribution in [-0.2, 0) is 5.41 Å². The number of hydrogen-bond donors (Lipinski definition) is 0. The third-order valence-electron chi connectivity index (χ3n) is 10.9. The standard InChI is InChI=1S/C49H35NO/c1-49(2)44-22-12-11-19-38(44)39-29-26-34(30-45(39)49)42-31-43-41-21-13-23-46(48(41)51-47(43)40-20-10-9-18-37(40)42)50(35-16-7-4-8-17-35)36-27-24-33(25-28-36)32-14-5-3-6-15-32/h3-31H,1-2H3. The highest BCUT2D eigenvalue weighted by atomic mass is 16.3. The summed E-state index contributed by atoms with van der Waals surface area (Å²) in [6, 6.07) is 63.4. The fourth-order valence-electron chi connectivity index (χ4n) is 8.33. The van der Waals surface area contributed by atoms with Crippen LogP contribution in [0.2, 0.25) is 0 Å². The second-order valence-corrected chi connectivity index (χ2v) is 14.1. The normalized spacial score (nSPS) is 13.1. The van der Waals surface area contributed by atoms with Crippen LogP contribution in [0.25, 0.3) is 66.1 Å². The van der Waals surface area contributed by atoms with Gasteiger partial charge in [-0.05, 0) is 92.4 Å². The van der Waals surface area contributed by atoms with E-state index in [1.807, 2.05) is 0 Å². The van der Waals surface area contributed by atoms with E-state index in [0.29, 0.717) is 0 Å². The van der Waals surface area contributed by atoms with Crippen molar-refractivity contribution in [1.82, 2.24) is 0 Å². The molecular weight excluding hydrogens is 619 g/mol. The topological polar surface area (TPSA) is 16.4 Å². The molecule has 0 saturated heterocycles. The average molecular weight is 654 g/mol. The SMILES string of the molecule is CC1(C)c2ccccc2-c2ccc(-c3cc4c5cccc(N(c6ccccc6)c6ccc(-c7ccccc7)cc6)c5oc4c4ccccc34)cc21. The quantitative estimate of drug-likeness (QED) is 0.184. The molecule has 0 unspecified atom stereocenters. The van der Waals surface area contributed by atoms with Crippen molar-refractivity contribution in [2.24, 2.45) is 0 Å². The summed E-state index contributed by atoms with van der Waals surface area (Å²) in [6.07, 6.45) is 0. The zero-order chi connectivity index (χ0) is 34.1. The van der Waals surface area contributed by atoms with Crippen LogP contribution in [0.3, 0.4) is 0 Å². The zero-order valence-corrected chi connectivity index (χ0v) is 28.6. The van der Waals surface area contributed by atoms with Gasteiger partial charge in [-0.25, -0.2) is 0 Å². The van der Waals surface area contributed by atoms with Gasteiger partial charge in [0.15, 0.2) is 5.58 Å². The molecule has 9 aromatic rings. The molecule has 0 saturated carbocycles. The lowest BCUT2D eigenvalue weighted by Gasteiger charge is -2.25. The molecule has 1 heterocycles. The monoisotopic (exact) mass is 653 g/mol. The first kappa shape index (κ1) is 29.5. The molecule has 0 atom stereocenters. The molecule has 2 nitrogen and oxygen atoms in total. The second-order valence-electron chi connectivity index (χ2n) is 14.1. The highest BCUT2D eigenvalue weighted by Crippen LogP contribution is 2.51. The highest BCUT2D eigenvalue weighted by molar-refractivity contribution is 6.21. The average Bonchev–Trinajstić information content (AvgIpc) is 3.68. The number of para-hydroxylation sites is 2. The van der Waals surface area contributed by atoms with E-state index in [1.54, 1.807) is 0 Å². The summed E-state index contributed by atoms with van der Waals surface area (Å²) in [4.78, 5) is 2.31. The molecule has 0 bridgehead atoms. The van der Waals surface area contributed by atoms with E-state index >= 15 is 0 Å². The Balaban J connectivity index is 1.17. The molecule has 1 aromatic heterocycles. The van der Waals surface area contributed by atoms with Crippen molar-refractivity contribution < 1.29 is 4.42 Å². The first-order valence-electron chi connectivity index (χ1n) is 17.7. The molecule has 8 aromatic carbocycles. The minimum Gasteiger partial charge on any atom is -0.453 e. The van der Waals surface area contributed by atoms with Gasteiger partial charge in [-0.15, -0.1) is 0 Å². The van der Waals surface area contributed by atoms with Crippen molar-refractivity contribution in [3.05, 3.63) is 187 Å². The Morgan fingerprint density at radius 2 is 0.980 bits per heavy atom. The number of rotatable bonds is 5. The predicted molar refractivity (Wildman–Crippen MR) is 214 cm³/mol. The van der Waals surface area contributed by atoms with Crippen molar-refractivity contribution in [3.8, 4) is 33.4 Å². The molecule has 10 rings (SSSR count). The van der Waals surface area contributed by atoms with Crippen molar-refractivity contribution in [1.29, 1.82) is 0 Å². The van der Waals surface area contributed by atoms with Crippen molar-refractivity contribution in [3.63, 3.8) is 0 Å². The molecule has 51 heavy (non-hydrogen) atoms. The van der Waals surface area contributed by atoms with Crippen molar-refractivity contribution in [2.75, 3.05) is 4.90 Å². The van der Waals surface area contributed by atoms with Gasteiger partial charge in [0.1, 0.15) is 5.58 Å². The molecule has 0 fully saturated rings. The maximum absolute atomic E-state index is 7.01. The summed E-state index contributed by atoms with van der Waals surface area (Å²) in [7, 11) is 0. The van der Waals surface area contributed by atoms with E-state index in [9.17, 15) is 0 Å². The van der Waals surface area contributed by atoms with E-state index in [2.05, 4.69) is 195 Å². The highest BCUT2D eigenvalue weighted by Gasteiger charge is 2.35. The Morgan fingerprint density at radius 1 is 0.392 bits per heavy atom. The number of anilines is 3. The Kier molecular flexibility index (Phi) is 6.56. The Morgan fingerprint density at radius 3 is 1.78 bits per heavy atom. The fourth-order valence-corrected chi connectivity index (χ4v) is 8.33. The number of nitrogens with zero attached hydrogens (tertiary/aromatic N) is 1. The van der Waals surface area contributed by atoms with Gasteiger partial charge >= 0.3 is 0 Å². The molecule has 0 spiro atoms. The van der Waals surface area contributed by atoms with Gasteiger partial charge in [0.05, 0.1) is 5.69 Å². The van der Waals surface area contributed by atoms with Crippen LogP contribution in [-0.4, -0.2) is 0 Å². The lowest BCUT2D eigenvalue weighted by atomic mass is 9.81. The molecule has 2 heteroatoms. The van der Waals surface area contributed by atoms with E-state index in [1.165, 1.54) is 49.9 Å². The number of hydrogen-bond acceptors (Lipinski definition) is 2. The molecule has 0 N–H and O–H groups in total. The predicted octanol–water partition coefficient (Wildman–Crippen LogP) is 13.8. The maximum atomic E-state index is 7.01. The molecule has 0 amide bonds.